The quantitative estimate of drug-likeness (QED) is 0.330. The summed E-state index contributed by atoms with van der Waals surface area (Å²) in [5, 5.41) is 2.68. The molecule has 0 atom stereocenters. The van der Waals surface area contributed by atoms with Crippen LogP contribution < -0.4 is 10.1 Å². The minimum atomic E-state index is -0.481. The Morgan fingerprint density at radius 3 is 2.39 bits per heavy atom. The molecule has 1 N–H and O–H groups in total. The number of nitrogens with one attached hydrogen (secondary N) is 1. The number of alkyl carbamates (subject to hydrolysis) is 1. The van der Waals surface area contributed by atoms with Gasteiger partial charge in [0.05, 0.1) is 6.42 Å². The summed E-state index contributed by atoms with van der Waals surface area (Å²) in [5.74, 6) is 1.74. The fourth-order valence-corrected chi connectivity index (χ4v) is 3.30. The molecule has 0 aliphatic heterocycles. The maximum atomic E-state index is 11.6. The van der Waals surface area contributed by atoms with Crippen LogP contribution in [0.3, 0.4) is 0 Å². The summed E-state index contributed by atoms with van der Waals surface area (Å²) in [7, 11) is 3.18. The van der Waals surface area contributed by atoms with Gasteiger partial charge in [0.2, 0.25) is 0 Å². The van der Waals surface area contributed by atoms with Crippen LogP contribution in [0.5, 0.6) is 5.75 Å². The third kappa shape index (κ3) is 10.9. The fraction of sp³-hybridized carbons (Fsp3) is 0.500. The lowest BCUT2D eigenvalue weighted by molar-refractivity contribution is -0.133. The highest BCUT2D eigenvalue weighted by atomic mass is 33.1. The molecule has 0 spiro atoms. The number of para-hydroxylation sites is 1. The van der Waals surface area contributed by atoms with E-state index in [0.29, 0.717) is 24.5 Å². The summed E-state index contributed by atoms with van der Waals surface area (Å²) in [5.41, 5.74) is -0.481. The van der Waals surface area contributed by atoms with E-state index in [4.69, 9.17) is 9.47 Å². The van der Waals surface area contributed by atoms with Gasteiger partial charge >= 0.3 is 12.1 Å². The Labute approximate surface area is 145 Å². The van der Waals surface area contributed by atoms with Gasteiger partial charge in [0, 0.05) is 18.1 Å². The normalized spacial score (nSPS) is 10.9. The highest BCUT2D eigenvalue weighted by molar-refractivity contribution is 8.76. The topological polar surface area (TPSA) is 64.6 Å². The van der Waals surface area contributed by atoms with Crippen molar-refractivity contribution in [1.82, 2.24) is 5.32 Å². The van der Waals surface area contributed by atoms with Crippen LogP contribution in [0, 0.1) is 0 Å². The Kier molecular flexibility index (Phi) is 8.94. The molecule has 0 saturated carbocycles. The summed E-state index contributed by atoms with van der Waals surface area (Å²) in [6, 6.07) is 9.02. The first-order valence-corrected chi connectivity index (χ1v) is 9.82. The summed E-state index contributed by atoms with van der Waals surface area (Å²) in [6.07, 6.45) is -0.0546. The number of carbonyl (C=O) groups is 2. The highest BCUT2D eigenvalue weighted by Gasteiger charge is 2.15. The zero-order valence-electron chi connectivity index (χ0n) is 13.7. The van der Waals surface area contributed by atoms with Crippen molar-refractivity contribution in [3.8, 4) is 5.75 Å². The Bertz CT molecular complexity index is 489. The van der Waals surface area contributed by atoms with E-state index in [1.54, 1.807) is 33.7 Å². The van der Waals surface area contributed by atoms with Crippen LogP contribution in [0.1, 0.15) is 27.2 Å². The van der Waals surface area contributed by atoms with E-state index in [-0.39, 0.29) is 5.97 Å². The van der Waals surface area contributed by atoms with Crippen LogP contribution in [0.2, 0.25) is 0 Å². The van der Waals surface area contributed by atoms with E-state index < -0.39 is 11.7 Å². The van der Waals surface area contributed by atoms with E-state index in [2.05, 4.69) is 5.32 Å². The van der Waals surface area contributed by atoms with E-state index in [1.165, 1.54) is 0 Å². The van der Waals surface area contributed by atoms with E-state index in [0.717, 1.165) is 5.75 Å². The van der Waals surface area contributed by atoms with Crippen LogP contribution >= 0.6 is 21.6 Å². The molecule has 0 radical (unpaired) electrons. The molecule has 0 heterocycles. The first-order chi connectivity index (χ1) is 10.9. The van der Waals surface area contributed by atoms with Gasteiger partial charge in [-0.05, 0) is 32.9 Å². The molecule has 23 heavy (non-hydrogen) atoms. The van der Waals surface area contributed by atoms with Crippen molar-refractivity contribution in [2.45, 2.75) is 32.8 Å². The highest BCUT2D eigenvalue weighted by Crippen LogP contribution is 2.21. The van der Waals surface area contributed by atoms with Gasteiger partial charge < -0.3 is 14.8 Å². The van der Waals surface area contributed by atoms with Gasteiger partial charge in [-0.2, -0.15) is 0 Å². The second kappa shape index (κ2) is 10.4. The van der Waals surface area contributed by atoms with Crippen LogP contribution in [0.25, 0.3) is 0 Å². The van der Waals surface area contributed by atoms with Gasteiger partial charge in [0.25, 0.3) is 0 Å². The lowest BCUT2D eigenvalue weighted by Gasteiger charge is -2.19. The van der Waals surface area contributed by atoms with E-state index >= 15 is 0 Å². The molecule has 1 rings (SSSR count). The van der Waals surface area contributed by atoms with Gasteiger partial charge in [-0.1, -0.05) is 39.8 Å². The number of benzene rings is 1. The number of ether oxygens (including phenoxy) is 2. The minimum Gasteiger partial charge on any atom is -0.444 e. The Morgan fingerprint density at radius 1 is 1.09 bits per heavy atom. The molecule has 1 amide bonds. The molecule has 0 aliphatic carbocycles. The summed E-state index contributed by atoms with van der Waals surface area (Å²) < 4.78 is 10.3. The van der Waals surface area contributed by atoms with Crippen molar-refractivity contribution in [2.75, 3.05) is 18.1 Å². The van der Waals surface area contributed by atoms with Crippen LogP contribution in [0.15, 0.2) is 30.3 Å². The summed E-state index contributed by atoms with van der Waals surface area (Å²) >= 11 is 0. The molecule has 128 valence electrons. The van der Waals surface area contributed by atoms with Crippen LogP contribution in [-0.2, 0) is 9.53 Å². The van der Waals surface area contributed by atoms with E-state index in [1.807, 2.05) is 39.0 Å². The number of rotatable bonds is 8. The Hall–Kier alpha value is -1.34. The Balaban J connectivity index is 1.99. The molecule has 1 aromatic carbocycles. The maximum absolute atomic E-state index is 11.6. The van der Waals surface area contributed by atoms with Crippen molar-refractivity contribution in [3.63, 3.8) is 0 Å². The monoisotopic (exact) mass is 357 g/mol. The van der Waals surface area contributed by atoms with Gasteiger partial charge in [-0.15, -0.1) is 0 Å². The average molecular weight is 357 g/mol. The first-order valence-electron chi connectivity index (χ1n) is 7.34. The Morgan fingerprint density at radius 2 is 1.74 bits per heavy atom. The maximum Gasteiger partial charge on any atom is 0.407 e. The van der Waals surface area contributed by atoms with Crippen molar-refractivity contribution >= 4 is 33.7 Å². The molecule has 0 bridgehead atoms. The third-order valence-corrected chi connectivity index (χ3v) is 4.71. The second-order valence-electron chi connectivity index (χ2n) is 5.61. The molecule has 1 aromatic rings. The average Bonchev–Trinajstić information content (AvgIpc) is 2.45. The predicted octanol–water partition coefficient (Wildman–Crippen LogP) is 3.89. The summed E-state index contributed by atoms with van der Waals surface area (Å²) in [6.45, 7) is 6.00. The van der Waals surface area contributed by atoms with Crippen molar-refractivity contribution in [1.29, 1.82) is 0 Å². The van der Waals surface area contributed by atoms with Crippen LogP contribution in [0.4, 0.5) is 4.79 Å². The molecule has 5 nitrogen and oxygen atoms in total. The van der Waals surface area contributed by atoms with Gasteiger partial charge in [0.15, 0.2) is 0 Å². The molecule has 0 aromatic heterocycles. The molecular weight excluding hydrogens is 334 g/mol. The molecular formula is C16H23NO4S2. The molecule has 0 aliphatic rings. The van der Waals surface area contributed by atoms with Gasteiger partial charge in [-0.3, -0.25) is 4.79 Å². The lowest BCUT2D eigenvalue weighted by Crippen LogP contribution is -2.33. The standard InChI is InChI=1S/C16H23NO4S2/c1-16(2,3)21-15(19)17-10-12-23-22-11-9-14(18)20-13-7-5-4-6-8-13/h4-8H,9-12H2,1-3H3,(H,17,19). The van der Waals surface area contributed by atoms with Crippen molar-refractivity contribution in [3.05, 3.63) is 30.3 Å². The molecule has 7 heteroatoms. The predicted molar refractivity (Wildman–Crippen MR) is 95.8 cm³/mol. The lowest BCUT2D eigenvalue weighted by atomic mass is 10.2. The second-order valence-corrected chi connectivity index (χ2v) is 8.31. The number of hydrogen-bond donors (Lipinski definition) is 1. The zero-order chi connectivity index (χ0) is 17.1. The largest absolute Gasteiger partial charge is 0.444 e. The van der Waals surface area contributed by atoms with Crippen molar-refractivity contribution in [2.24, 2.45) is 0 Å². The van der Waals surface area contributed by atoms with Gasteiger partial charge in [0.1, 0.15) is 11.4 Å². The fourth-order valence-electron chi connectivity index (χ4n) is 1.42. The van der Waals surface area contributed by atoms with Gasteiger partial charge in [-0.25, -0.2) is 4.79 Å². The van der Waals surface area contributed by atoms with E-state index in [9.17, 15) is 9.59 Å². The molecule has 0 unspecified atom stereocenters. The third-order valence-electron chi connectivity index (χ3n) is 2.30. The van der Waals surface area contributed by atoms with Crippen LogP contribution in [-0.4, -0.2) is 35.7 Å². The molecule has 0 saturated heterocycles. The number of amides is 1. The smallest absolute Gasteiger partial charge is 0.407 e. The minimum absolute atomic E-state index is 0.240. The number of esters is 1. The number of carbonyl (C=O) groups excluding carboxylic acids is 2. The zero-order valence-corrected chi connectivity index (χ0v) is 15.3. The van der Waals surface area contributed by atoms with Crippen molar-refractivity contribution < 1.29 is 19.1 Å². The summed E-state index contributed by atoms with van der Waals surface area (Å²) in [4.78, 5) is 23.0. The SMILES string of the molecule is CC(C)(C)OC(=O)NCCSSCCC(=O)Oc1ccccc1. The first kappa shape index (κ1) is 19.7. The number of hydrogen-bond acceptors (Lipinski definition) is 6. The molecule has 0 fully saturated rings.